The van der Waals surface area contributed by atoms with Crippen molar-refractivity contribution in [2.24, 2.45) is 0 Å². The Labute approximate surface area is 117 Å². The average molecular weight is 270 g/mol. The van der Waals surface area contributed by atoms with Gasteiger partial charge in [0.1, 0.15) is 0 Å². The Balaban J connectivity index is 1.71. The lowest BCUT2D eigenvalue weighted by molar-refractivity contribution is -0.0444. The fourth-order valence-corrected chi connectivity index (χ4v) is 3.60. The SMILES string of the molecule is O=C(c1cccc2[nH]ccc12)N1CCOC2CCCC21. The van der Waals surface area contributed by atoms with E-state index in [4.69, 9.17) is 4.74 Å². The lowest BCUT2D eigenvalue weighted by Gasteiger charge is -2.37. The van der Waals surface area contributed by atoms with E-state index in [9.17, 15) is 4.79 Å². The minimum Gasteiger partial charge on any atom is -0.374 e. The highest BCUT2D eigenvalue weighted by molar-refractivity contribution is 6.06. The van der Waals surface area contributed by atoms with Gasteiger partial charge in [0.15, 0.2) is 0 Å². The first-order chi connectivity index (χ1) is 9.84. The number of morpholine rings is 1. The summed E-state index contributed by atoms with van der Waals surface area (Å²) in [5.41, 5.74) is 1.82. The molecule has 2 aromatic rings. The lowest BCUT2D eigenvalue weighted by atomic mass is 10.1. The van der Waals surface area contributed by atoms with Crippen LogP contribution in [0.5, 0.6) is 0 Å². The largest absolute Gasteiger partial charge is 0.374 e. The number of fused-ring (bicyclic) bond motifs is 2. The molecule has 0 bridgehead atoms. The Morgan fingerprint density at radius 3 is 3.20 bits per heavy atom. The Bertz CT molecular complexity index is 649. The molecule has 1 saturated heterocycles. The molecule has 4 rings (SSSR count). The molecule has 1 N–H and O–H groups in total. The van der Waals surface area contributed by atoms with Crippen molar-refractivity contribution in [3.8, 4) is 0 Å². The highest BCUT2D eigenvalue weighted by Crippen LogP contribution is 2.31. The van der Waals surface area contributed by atoms with Crippen LogP contribution in [0.25, 0.3) is 10.9 Å². The molecule has 1 saturated carbocycles. The van der Waals surface area contributed by atoms with Gasteiger partial charge < -0.3 is 14.6 Å². The number of amides is 1. The summed E-state index contributed by atoms with van der Waals surface area (Å²) in [4.78, 5) is 18.1. The van der Waals surface area contributed by atoms with Gasteiger partial charge in [-0.15, -0.1) is 0 Å². The predicted molar refractivity (Wildman–Crippen MR) is 76.7 cm³/mol. The van der Waals surface area contributed by atoms with Gasteiger partial charge in [0.2, 0.25) is 0 Å². The number of rotatable bonds is 1. The van der Waals surface area contributed by atoms with Crippen LogP contribution in [0.3, 0.4) is 0 Å². The normalized spacial score (nSPS) is 25.9. The molecular formula is C16H18N2O2. The van der Waals surface area contributed by atoms with Crippen LogP contribution >= 0.6 is 0 Å². The molecule has 1 amide bonds. The number of carbonyl (C=O) groups excluding carboxylic acids is 1. The van der Waals surface area contributed by atoms with Crippen LogP contribution in [0, 0.1) is 0 Å². The molecule has 0 spiro atoms. The average Bonchev–Trinajstić information content (AvgIpc) is 3.13. The van der Waals surface area contributed by atoms with Gasteiger partial charge in [-0.1, -0.05) is 6.07 Å². The standard InChI is InChI=1S/C16H18N2O2/c19-16(12-3-1-4-13-11(12)7-8-17-13)18-9-10-20-15-6-2-5-14(15)18/h1,3-4,7-8,14-15,17H,2,5-6,9-10H2. The van der Waals surface area contributed by atoms with Crippen molar-refractivity contribution >= 4 is 16.8 Å². The molecule has 1 aliphatic heterocycles. The molecule has 1 aliphatic carbocycles. The van der Waals surface area contributed by atoms with Gasteiger partial charge >= 0.3 is 0 Å². The van der Waals surface area contributed by atoms with Gasteiger partial charge in [0.25, 0.3) is 5.91 Å². The van der Waals surface area contributed by atoms with Gasteiger partial charge in [-0.3, -0.25) is 4.79 Å². The molecule has 0 radical (unpaired) electrons. The fourth-order valence-electron chi connectivity index (χ4n) is 3.60. The Kier molecular flexibility index (Phi) is 2.77. The molecule has 2 aliphatic rings. The molecule has 4 nitrogen and oxygen atoms in total. The minimum atomic E-state index is 0.149. The number of H-pyrrole nitrogens is 1. The number of ether oxygens (including phenoxy) is 1. The molecule has 104 valence electrons. The molecule has 4 heteroatoms. The number of hydrogen-bond donors (Lipinski definition) is 1. The summed E-state index contributed by atoms with van der Waals surface area (Å²) in [6, 6.07) is 8.13. The van der Waals surface area contributed by atoms with E-state index >= 15 is 0 Å². The van der Waals surface area contributed by atoms with Gasteiger partial charge in [-0.2, -0.15) is 0 Å². The third kappa shape index (κ3) is 1.75. The third-order valence-electron chi connectivity index (χ3n) is 4.57. The van der Waals surface area contributed by atoms with Gasteiger partial charge in [0.05, 0.1) is 18.8 Å². The summed E-state index contributed by atoms with van der Waals surface area (Å²) in [5, 5.41) is 1.01. The Hall–Kier alpha value is -1.81. The summed E-state index contributed by atoms with van der Waals surface area (Å²) < 4.78 is 5.79. The second kappa shape index (κ2) is 4.63. The highest BCUT2D eigenvalue weighted by atomic mass is 16.5. The van der Waals surface area contributed by atoms with E-state index in [1.807, 2.05) is 35.4 Å². The van der Waals surface area contributed by atoms with E-state index in [0.717, 1.165) is 35.7 Å². The van der Waals surface area contributed by atoms with E-state index in [0.29, 0.717) is 13.2 Å². The zero-order chi connectivity index (χ0) is 13.5. The number of carbonyl (C=O) groups is 1. The highest BCUT2D eigenvalue weighted by Gasteiger charge is 2.38. The summed E-state index contributed by atoms with van der Waals surface area (Å²) in [5.74, 6) is 0.149. The topological polar surface area (TPSA) is 45.3 Å². The van der Waals surface area contributed by atoms with Crippen molar-refractivity contribution in [2.75, 3.05) is 13.2 Å². The number of aromatic amines is 1. The molecule has 2 unspecified atom stereocenters. The van der Waals surface area contributed by atoms with Gasteiger partial charge in [-0.25, -0.2) is 0 Å². The van der Waals surface area contributed by atoms with Gasteiger partial charge in [0, 0.05) is 29.2 Å². The van der Waals surface area contributed by atoms with Crippen LogP contribution in [0.1, 0.15) is 29.6 Å². The molecule has 2 fully saturated rings. The number of aromatic nitrogens is 1. The second-order valence-electron chi connectivity index (χ2n) is 5.65. The van der Waals surface area contributed by atoms with Crippen molar-refractivity contribution in [2.45, 2.75) is 31.4 Å². The summed E-state index contributed by atoms with van der Waals surface area (Å²) in [6.07, 6.45) is 5.45. The molecule has 1 aromatic carbocycles. The Morgan fingerprint density at radius 1 is 1.30 bits per heavy atom. The van der Waals surface area contributed by atoms with E-state index in [1.54, 1.807) is 0 Å². The molecule has 1 aromatic heterocycles. The number of hydrogen-bond acceptors (Lipinski definition) is 2. The van der Waals surface area contributed by atoms with Crippen LogP contribution in [0.15, 0.2) is 30.5 Å². The predicted octanol–water partition coefficient (Wildman–Crippen LogP) is 2.56. The number of nitrogens with one attached hydrogen (secondary N) is 1. The molecule has 20 heavy (non-hydrogen) atoms. The van der Waals surface area contributed by atoms with Crippen molar-refractivity contribution in [1.82, 2.24) is 9.88 Å². The number of benzene rings is 1. The first-order valence-electron chi connectivity index (χ1n) is 7.33. The zero-order valence-electron chi connectivity index (χ0n) is 11.3. The monoisotopic (exact) mass is 270 g/mol. The van der Waals surface area contributed by atoms with Crippen LogP contribution in [0.4, 0.5) is 0 Å². The number of nitrogens with zero attached hydrogens (tertiary/aromatic N) is 1. The first-order valence-corrected chi connectivity index (χ1v) is 7.33. The maximum atomic E-state index is 12.9. The van der Waals surface area contributed by atoms with Crippen LogP contribution in [0.2, 0.25) is 0 Å². The third-order valence-corrected chi connectivity index (χ3v) is 4.57. The van der Waals surface area contributed by atoms with E-state index in [-0.39, 0.29) is 18.1 Å². The zero-order valence-corrected chi connectivity index (χ0v) is 11.3. The first kappa shape index (κ1) is 12.0. The van der Waals surface area contributed by atoms with Crippen molar-refractivity contribution in [3.05, 3.63) is 36.0 Å². The van der Waals surface area contributed by atoms with E-state index in [1.165, 1.54) is 0 Å². The maximum absolute atomic E-state index is 12.9. The van der Waals surface area contributed by atoms with Crippen LogP contribution in [-0.4, -0.2) is 41.1 Å². The molecular weight excluding hydrogens is 252 g/mol. The van der Waals surface area contributed by atoms with Crippen molar-refractivity contribution in [1.29, 1.82) is 0 Å². The smallest absolute Gasteiger partial charge is 0.254 e. The second-order valence-corrected chi connectivity index (χ2v) is 5.65. The van der Waals surface area contributed by atoms with Crippen LogP contribution in [-0.2, 0) is 4.74 Å². The summed E-state index contributed by atoms with van der Waals surface area (Å²) in [7, 11) is 0. The maximum Gasteiger partial charge on any atom is 0.254 e. The summed E-state index contributed by atoms with van der Waals surface area (Å²) >= 11 is 0. The Morgan fingerprint density at radius 2 is 2.25 bits per heavy atom. The van der Waals surface area contributed by atoms with Crippen molar-refractivity contribution < 1.29 is 9.53 Å². The summed E-state index contributed by atoms with van der Waals surface area (Å²) in [6.45, 7) is 1.37. The van der Waals surface area contributed by atoms with E-state index < -0.39 is 0 Å². The fraction of sp³-hybridized carbons (Fsp3) is 0.438. The minimum absolute atomic E-state index is 0.149. The quantitative estimate of drug-likeness (QED) is 0.865. The lowest BCUT2D eigenvalue weighted by Crippen LogP contribution is -2.51. The van der Waals surface area contributed by atoms with Crippen molar-refractivity contribution in [3.63, 3.8) is 0 Å². The van der Waals surface area contributed by atoms with Gasteiger partial charge in [-0.05, 0) is 37.5 Å². The molecule has 2 atom stereocenters. The van der Waals surface area contributed by atoms with Crippen LogP contribution < -0.4 is 0 Å². The van der Waals surface area contributed by atoms with E-state index in [2.05, 4.69) is 4.98 Å². The molecule has 2 heterocycles.